The Labute approximate surface area is 124 Å². The van der Waals surface area contributed by atoms with E-state index in [1.54, 1.807) is 19.1 Å². The molecule has 1 aliphatic heterocycles. The lowest BCUT2D eigenvalue weighted by Crippen LogP contribution is -2.31. The molecule has 110 valence electrons. The first-order valence-corrected chi connectivity index (χ1v) is 6.89. The molecule has 0 bridgehead atoms. The first kappa shape index (κ1) is 15.2. The third-order valence-electron chi connectivity index (χ3n) is 2.68. The van der Waals surface area contributed by atoms with Gasteiger partial charge in [0, 0.05) is 12.4 Å². The topological polar surface area (TPSA) is 94.0 Å². The molecule has 1 aliphatic rings. The Kier molecular flexibility index (Phi) is 4.69. The molecule has 6 nitrogen and oxygen atoms in total. The van der Waals surface area contributed by atoms with Gasteiger partial charge in [0.1, 0.15) is 5.82 Å². The van der Waals surface area contributed by atoms with Crippen molar-refractivity contribution in [1.29, 1.82) is 0 Å². The monoisotopic (exact) mass is 308 g/mol. The number of rotatable bonds is 4. The van der Waals surface area contributed by atoms with Crippen molar-refractivity contribution in [3.8, 4) is 0 Å². The molecule has 1 aromatic rings. The summed E-state index contributed by atoms with van der Waals surface area (Å²) in [4.78, 5) is 22.0. The zero-order chi connectivity index (χ0) is 15.4. The van der Waals surface area contributed by atoms with E-state index in [-0.39, 0.29) is 17.4 Å². The van der Waals surface area contributed by atoms with Crippen molar-refractivity contribution in [3.63, 3.8) is 0 Å². The van der Waals surface area contributed by atoms with E-state index in [2.05, 4.69) is 15.5 Å². The first-order chi connectivity index (χ1) is 9.95. The Morgan fingerprint density at radius 1 is 1.43 bits per heavy atom. The van der Waals surface area contributed by atoms with E-state index in [0.717, 1.165) is 11.8 Å². The van der Waals surface area contributed by atoms with Crippen LogP contribution in [0.3, 0.4) is 0 Å². The average Bonchev–Trinajstić information content (AvgIpc) is 2.77. The van der Waals surface area contributed by atoms with Crippen molar-refractivity contribution in [2.45, 2.75) is 18.6 Å². The van der Waals surface area contributed by atoms with E-state index < -0.39 is 17.1 Å². The van der Waals surface area contributed by atoms with Gasteiger partial charge < -0.3 is 15.2 Å². The van der Waals surface area contributed by atoms with Crippen molar-refractivity contribution in [1.82, 2.24) is 5.32 Å². The number of hydrogen-bond acceptors (Lipinski definition) is 6. The highest BCUT2D eigenvalue weighted by atomic mass is 32.2. The molecule has 1 saturated heterocycles. The number of nitrogens with one attached hydrogen (secondary N) is 1. The fourth-order valence-corrected chi connectivity index (χ4v) is 2.51. The number of carboxylic acid groups (broad SMARTS) is 1. The van der Waals surface area contributed by atoms with Crippen LogP contribution in [0.25, 0.3) is 0 Å². The summed E-state index contributed by atoms with van der Waals surface area (Å²) in [7, 11) is 0. The first-order valence-electron chi connectivity index (χ1n) is 6.01. The molecular formula is C13H11FN3O3S-. The Morgan fingerprint density at radius 2 is 2.10 bits per heavy atom. The predicted molar refractivity (Wildman–Crippen MR) is 75.2 cm³/mol. The lowest BCUT2D eigenvalue weighted by atomic mass is 10.1. The van der Waals surface area contributed by atoms with E-state index in [1.807, 2.05) is 0 Å². The third-order valence-corrected chi connectivity index (χ3v) is 3.75. The van der Waals surface area contributed by atoms with Crippen LogP contribution in [-0.4, -0.2) is 28.0 Å². The van der Waals surface area contributed by atoms with Gasteiger partial charge >= 0.3 is 0 Å². The van der Waals surface area contributed by atoms with Crippen LogP contribution in [0.15, 0.2) is 34.5 Å². The second-order valence-corrected chi connectivity index (χ2v) is 5.46. The van der Waals surface area contributed by atoms with Crippen LogP contribution >= 0.6 is 11.8 Å². The van der Waals surface area contributed by atoms with Gasteiger partial charge in [-0.1, -0.05) is 23.9 Å². The molecule has 0 aromatic heterocycles. The summed E-state index contributed by atoms with van der Waals surface area (Å²) in [5, 5.41) is 20.2. The van der Waals surface area contributed by atoms with Crippen molar-refractivity contribution in [2.75, 3.05) is 0 Å². The number of thioether (sulfide) groups is 1. The molecule has 1 amide bonds. The Hall–Kier alpha value is -2.22. The zero-order valence-corrected chi connectivity index (χ0v) is 11.8. The maximum absolute atomic E-state index is 12.8. The quantitative estimate of drug-likeness (QED) is 0.638. The summed E-state index contributed by atoms with van der Waals surface area (Å²) < 4.78 is 12.8. The largest absolute Gasteiger partial charge is 0.550 e. The van der Waals surface area contributed by atoms with Crippen LogP contribution in [0.5, 0.6) is 0 Å². The van der Waals surface area contributed by atoms with E-state index in [1.165, 1.54) is 12.1 Å². The number of carboxylic acids is 1. The summed E-state index contributed by atoms with van der Waals surface area (Å²) in [6, 6.07) is 5.74. The number of benzene rings is 1. The molecule has 1 aromatic carbocycles. The fraction of sp³-hybridized carbons (Fsp3) is 0.231. The highest BCUT2D eigenvalue weighted by Gasteiger charge is 2.30. The number of amidine groups is 1. The number of hydrogen-bond donors (Lipinski definition) is 1. The molecule has 1 heterocycles. The Morgan fingerprint density at radius 3 is 2.71 bits per heavy atom. The van der Waals surface area contributed by atoms with Crippen LogP contribution in [0.2, 0.25) is 0 Å². The number of amides is 1. The summed E-state index contributed by atoms with van der Waals surface area (Å²) in [6.07, 6.45) is -0.379. The van der Waals surface area contributed by atoms with Gasteiger partial charge in [0.05, 0.1) is 11.0 Å². The Bertz CT molecular complexity index is 628. The van der Waals surface area contributed by atoms with Crippen LogP contribution in [-0.2, 0) is 9.59 Å². The number of carbonyl (C=O) groups excluding carboxylic acids is 2. The van der Waals surface area contributed by atoms with Crippen LogP contribution in [0.4, 0.5) is 4.39 Å². The summed E-state index contributed by atoms with van der Waals surface area (Å²) in [6.45, 7) is 1.69. The smallest absolute Gasteiger partial charge is 0.239 e. The SMILES string of the molecule is C/C(=N/N=C1\NC(=O)[C@H](CC(=O)[O-])S1)c1ccc(F)cc1. The summed E-state index contributed by atoms with van der Waals surface area (Å²) in [5.41, 5.74) is 1.24. The number of halogens is 1. The lowest BCUT2D eigenvalue weighted by Gasteiger charge is -2.04. The molecule has 8 heteroatoms. The second-order valence-electron chi connectivity index (χ2n) is 4.27. The maximum atomic E-state index is 12.8. The molecule has 21 heavy (non-hydrogen) atoms. The molecule has 2 rings (SSSR count). The second kappa shape index (κ2) is 6.49. The summed E-state index contributed by atoms with van der Waals surface area (Å²) >= 11 is 0.988. The summed E-state index contributed by atoms with van der Waals surface area (Å²) in [5.74, 6) is -2.07. The number of carbonyl (C=O) groups is 2. The van der Waals surface area contributed by atoms with Gasteiger partial charge in [-0.05, 0) is 24.6 Å². The normalized spacial score (nSPS) is 20.7. The van der Waals surface area contributed by atoms with E-state index >= 15 is 0 Å². The minimum absolute atomic E-state index is 0.229. The highest BCUT2D eigenvalue weighted by Crippen LogP contribution is 2.22. The maximum Gasteiger partial charge on any atom is 0.239 e. The molecule has 1 atom stereocenters. The minimum Gasteiger partial charge on any atom is -0.550 e. The van der Waals surface area contributed by atoms with Gasteiger partial charge in [-0.15, -0.1) is 5.10 Å². The minimum atomic E-state index is -1.30. The predicted octanol–water partition coefficient (Wildman–Crippen LogP) is 0.277. The average molecular weight is 308 g/mol. The molecule has 1 fully saturated rings. The Balaban J connectivity index is 2.07. The van der Waals surface area contributed by atoms with E-state index in [4.69, 9.17) is 0 Å². The fourth-order valence-electron chi connectivity index (χ4n) is 1.61. The van der Waals surface area contributed by atoms with Gasteiger partial charge in [-0.25, -0.2) is 4.39 Å². The van der Waals surface area contributed by atoms with E-state index in [9.17, 15) is 19.1 Å². The molecular weight excluding hydrogens is 297 g/mol. The van der Waals surface area contributed by atoms with Gasteiger partial charge in [0.2, 0.25) is 5.91 Å². The highest BCUT2D eigenvalue weighted by molar-refractivity contribution is 8.15. The van der Waals surface area contributed by atoms with Crippen molar-refractivity contribution in [2.24, 2.45) is 10.2 Å². The van der Waals surface area contributed by atoms with Crippen LogP contribution < -0.4 is 10.4 Å². The van der Waals surface area contributed by atoms with Gasteiger partial charge in [0.15, 0.2) is 5.17 Å². The third kappa shape index (κ3) is 4.12. The molecule has 0 spiro atoms. The lowest BCUT2D eigenvalue weighted by molar-refractivity contribution is -0.305. The van der Waals surface area contributed by atoms with Gasteiger partial charge in [-0.2, -0.15) is 5.10 Å². The molecule has 0 unspecified atom stereocenters. The zero-order valence-electron chi connectivity index (χ0n) is 11.0. The van der Waals surface area contributed by atoms with Crippen LogP contribution in [0.1, 0.15) is 18.9 Å². The molecule has 1 N–H and O–H groups in total. The van der Waals surface area contributed by atoms with E-state index in [0.29, 0.717) is 11.3 Å². The standard InChI is InChI=1S/C13H12FN3O3S/c1-7(8-2-4-9(14)5-3-8)16-17-13-15-12(20)10(21-13)6-11(18)19/h2-5,10H,6H2,1H3,(H,18,19)(H,15,17,20)/p-1/b16-7-/t10-/m0/s1. The number of nitrogens with zero attached hydrogens (tertiary/aromatic N) is 2. The van der Waals surface area contributed by atoms with Gasteiger partial charge in [0.25, 0.3) is 0 Å². The molecule has 0 saturated carbocycles. The van der Waals surface area contributed by atoms with Crippen LogP contribution in [0, 0.1) is 5.82 Å². The van der Waals surface area contributed by atoms with Crippen molar-refractivity contribution < 1.29 is 19.1 Å². The number of aliphatic carboxylic acids is 1. The molecule has 0 aliphatic carbocycles. The van der Waals surface area contributed by atoms with Gasteiger partial charge in [-0.3, -0.25) is 4.79 Å². The molecule has 0 radical (unpaired) electrons. The van der Waals surface area contributed by atoms with Crippen molar-refractivity contribution in [3.05, 3.63) is 35.6 Å². The van der Waals surface area contributed by atoms with Crippen molar-refractivity contribution >= 4 is 34.5 Å².